The van der Waals surface area contributed by atoms with Crippen LogP contribution >= 0.6 is 11.3 Å². The summed E-state index contributed by atoms with van der Waals surface area (Å²) in [6.07, 6.45) is 4.90. The Kier molecular flexibility index (Phi) is 9.79. The number of rotatable bonds is 12. The lowest BCUT2D eigenvalue weighted by atomic mass is 9.96. The van der Waals surface area contributed by atoms with Gasteiger partial charge in [0.15, 0.2) is 16.3 Å². The highest BCUT2D eigenvalue weighted by molar-refractivity contribution is 7.07. The van der Waals surface area contributed by atoms with Crippen LogP contribution in [0, 0.1) is 0 Å². The zero-order valence-electron chi connectivity index (χ0n) is 23.1. The minimum Gasteiger partial charge on any atom is -0.504 e. The number of fused-ring (bicyclic) bond motifs is 1. The Morgan fingerprint density at radius 2 is 1.88 bits per heavy atom. The topological polar surface area (TPSA) is 109 Å². The lowest BCUT2D eigenvalue weighted by molar-refractivity contribution is -0.140. The first-order chi connectivity index (χ1) is 19.4. The lowest BCUT2D eigenvalue weighted by Gasteiger charge is -2.25. The maximum absolute atomic E-state index is 13.8. The van der Waals surface area contributed by atoms with Gasteiger partial charge in [0.1, 0.15) is 12.4 Å². The van der Waals surface area contributed by atoms with E-state index in [2.05, 4.69) is 11.9 Å². The van der Waals surface area contributed by atoms with Gasteiger partial charge in [-0.15, -0.1) is 0 Å². The summed E-state index contributed by atoms with van der Waals surface area (Å²) in [5.41, 5.74) is 1.88. The summed E-state index contributed by atoms with van der Waals surface area (Å²) in [6.45, 7) is 4.84. The molecule has 0 saturated carbocycles. The van der Waals surface area contributed by atoms with E-state index < -0.39 is 12.0 Å². The highest BCUT2D eigenvalue weighted by Gasteiger charge is 2.33. The van der Waals surface area contributed by atoms with Crippen LogP contribution in [0.5, 0.6) is 17.2 Å². The number of methoxy groups -OCH3 is 2. The van der Waals surface area contributed by atoms with E-state index in [4.69, 9.17) is 18.9 Å². The zero-order chi connectivity index (χ0) is 28.6. The maximum Gasteiger partial charge on any atom is 0.338 e. The van der Waals surface area contributed by atoms with Crippen LogP contribution in [0.3, 0.4) is 0 Å². The van der Waals surface area contributed by atoms with Gasteiger partial charge in [-0.05, 0) is 54.8 Å². The van der Waals surface area contributed by atoms with Gasteiger partial charge < -0.3 is 24.1 Å². The Balaban J connectivity index is 1.78. The largest absolute Gasteiger partial charge is 0.504 e. The van der Waals surface area contributed by atoms with E-state index in [1.165, 1.54) is 36.2 Å². The van der Waals surface area contributed by atoms with E-state index in [1.54, 1.807) is 25.1 Å². The van der Waals surface area contributed by atoms with Crippen molar-refractivity contribution >= 4 is 23.4 Å². The number of esters is 1. The smallest absolute Gasteiger partial charge is 0.338 e. The fourth-order valence-corrected chi connectivity index (χ4v) is 5.46. The molecule has 212 valence electrons. The number of carbonyl (C=O) groups is 1. The van der Waals surface area contributed by atoms with Crippen molar-refractivity contribution in [1.82, 2.24) is 4.57 Å². The quantitative estimate of drug-likeness (QED) is 0.263. The van der Waals surface area contributed by atoms with Gasteiger partial charge >= 0.3 is 5.97 Å². The van der Waals surface area contributed by atoms with E-state index in [1.807, 2.05) is 24.3 Å². The first-order valence-electron chi connectivity index (χ1n) is 13.2. The number of nitrogens with zero attached hydrogens (tertiary/aromatic N) is 2. The summed E-state index contributed by atoms with van der Waals surface area (Å²) in [7, 11) is 2.99. The highest BCUT2D eigenvalue weighted by Crippen LogP contribution is 2.32. The number of ether oxygens (including phenoxy) is 4. The van der Waals surface area contributed by atoms with Crippen LogP contribution in [0.25, 0.3) is 6.08 Å². The van der Waals surface area contributed by atoms with Crippen LogP contribution in [0.15, 0.2) is 63.5 Å². The molecule has 9 nitrogen and oxygen atoms in total. The lowest BCUT2D eigenvalue weighted by Crippen LogP contribution is -2.40. The van der Waals surface area contributed by atoms with Crippen molar-refractivity contribution < 1.29 is 28.8 Å². The van der Waals surface area contributed by atoms with Gasteiger partial charge in [-0.1, -0.05) is 49.3 Å². The summed E-state index contributed by atoms with van der Waals surface area (Å²) in [5.74, 6) is 0.471. The summed E-state index contributed by atoms with van der Waals surface area (Å²) in [6, 6.07) is 11.5. The average Bonchev–Trinajstić information content (AvgIpc) is 3.25. The number of phenols is 1. The van der Waals surface area contributed by atoms with E-state index in [0.29, 0.717) is 33.0 Å². The fraction of sp³-hybridized carbons (Fsp3) is 0.367. The van der Waals surface area contributed by atoms with Crippen LogP contribution in [0.2, 0.25) is 0 Å². The van der Waals surface area contributed by atoms with Crippen LogP contribution in [-0.4, -0.2) is 49.7 Å². The van der Waals surface area contributed by atoms with Crippen LogP contribution in [-0.2, 0) is 14.3 Å². The van der Waals surface area contributed by atoms with Gasteiger partial charge in [0.05, 0.1) is 42.2 Å². The van der Waals surface area contributed by atoms with Crippen LogP contribution < -0.4 is 24.4 Å². The average molecular weight is 567 g/mol. The van der Waals surface area contributed by atoms with Crippen molar-refractivity contribution in [2.75, 3.05) is 34.0 Å². The predicted molar refractivity (Wildman–Crippen MR) is 153 cm³/mol. The molecule has 1 unspecified atom stereocenters. The molecule has 0 fully saturated rings. The molecule has 1 aromatic heterocycles. The molecule has 4 rings (SSSR count). The van der Waals surface area contributed by atoms with Gasteiger partial charge in [0.2, 0.25) is 0 Å². The van der Waals surface area contributed by atoms with Crippen molar-refractivity contribution in [2.24, 2.45) is 4.99 Å². The number of carbonyl (C=O) groups excluding carboxylic acids is 1. The minimum atomic E-state index is -0.739. The standard InChI is InChI=1S/C30H34N2O7S/c1-5-6-7-14-38-22-11-9-21(10-12-22)27-26(29(35)39-16-15-36-3)19(2)31-30-32(27)28(34)25(40-30)18-20-8-13-23(33)24(17-20)37-4/h8-13,17-18,27,33H,5-7,14-16H2,1-4H3/b25-18-. The van der Waals surface area contributed by atoms with Gasteiger partial charge in [0.25, 0.3) is 5.56 Å². The van der Waals surface area contributed by atoms with Crippen molar-refractivity contribution in [3.8, 4) is 17.2 Å². The second-order valence-corrected chi connectivity index (χ2v) is 10.3. The summed E-state index contributed by atoms with van der Waals surface area (Å²) in [4.78, 5) is 32.2. The van der Waals surface area contributed by atoms with Gasteiger partial charge in [0, 0.05) is 7.11 Å². The number of hydrogen-bond acceptors (Lipinski definition) is 9. The number of phenolic OH excluding ortho intramolecular Hbond substituents is 1. The second-order valence-electron chi connectivity index (χ2n) is 9.27. The zero-order valence-corrected chi connectivity index (χ0v) is 24.0. The summed E-state index contributed by atoms with van der Waals surface area (Å²) in [5, 5.41) is 9.94. The number of aromatic hydroxyl groups is 1. The van der Waals surface area contributed by atoms with E-state index in [-0.39, 0.29) is 30.1 Å². The Morgan fingerprint density at radius 3 is 2.58 bits per heavy atom. The molecular formula is C30H34N2O7S. The number of aromatic nitrogens is 1. The number of thiazole rings is 1. The summed E-state index contributed by atoms with van der Waals surface area (Å²) >= 11 is 1.22. The molecule has 0 amide bonds. The van der Waals surface area contributed by atoms with Gasteiger partial charge in [-0.2, -0.15) is 0 Å². The van der Waals surface area contributed by atoms with E-state index in [9.17, 15) is 14.7 Å². The minimum absolute atomic E-state index is 0.00570. The number of unbranched alkanes of at least 4 members (excludes halogenated alkanes) is 2. The molecule has 2 aromatic carbocycles. The van der Waals surface area contributed by atoms with Crippen molar-refractivity contribution in [3.05, 3.63) is 84.5 Å². The molecule has 1 aliphatic rings. The molecule has 1 N–H and O–H groups in total. The molecule has 2 heterocycles. The first kappa shape index (κ1) is 29.1. The Bertz CT molecular complexity index is 1550. The third-order valence-corrected chi connectivity index (χ3v) is 7.46. The van der Waals surface area contributed by atoms with Crippen molar-refractivity contribution in [3.63, 3.8) is 0 Å². The third kappa shape index (κ3) is 6.46. The molecule has 0 radical (unpaired) electrons. The molecule has 0 aliphatic carbocycles. The molecule has 0 spiro atoms. The van der Waals surface area contributed by atoms with E-state index >= 15 is 0 Å². The molecule has 1 aliphatic heterocycles. The van der Waals surface area contributed by atoms with Crippen molar-refractivity contribution in [2.45, 2.75) is 39.2 Å². The molecule has 0 bridgehead atoms. The van der Waals surface area contributed by atoms with Gasteiger partial charge in [-0.25, -0.2) is 9.79 Å². The normalized spacial score (nSPS) is 15.0. The Hall–Kier alpha value is -3.89. The Labute approximate surface area is 236 Å². The Morgan fingerprint density at radius 1 is 1.10 bits per heavy atom. The third-order valence-electron chi connectivity index (χ3n) is 6.48. The molecule has 3 aromatic rings. The van der Waals surface area contributed by atoms with Gasteiger partial charge in [-0.3, -0.25) is 9.36 Å². The first-order valence-corrected chi connectivity index (χ1v) is 14.0. The maximum atomic E-state index is 13.8. The number of allylic oxidation sites excluding steroid dienone is 1. The summed E-state index contributed by atoms with van der Waals surface area (Å²) < 4.78 is 23.5. The van der Waals surface area contributed by atoms with E-state index in [0.717, 1.165) is 30.6 Å². The number of hydrogen-bond donors (Lipinski definition) is 1. The van der Waals surface area contributed by atoms with Crippen LogP contribution in [0.4, 0.5) is 0 Å². The predicted octanol–water partition coefficient (Wildman–Crippen LogP) is 3.71. The van der Waals surface area contributed by atoms with Crippen molar-refractivity contribution in [1.29, 1.82) is 0 Å². The SMILES string of the molecule is CCCCCOc1ccc(C2C(C(=O)OCCOC)=C(C)N=c3s/c(=C\c4ccc(O)c(OC)c4)c(=O)n32)cc1. The second kappa shape index (κ2) is 13.5. The molecule has 40 heavy (non-hydrogen) atoms. The molecule has 10 heteroatoms. The van der Waals surface area contributed by atoms with Crippen LogP contribution in [0.1, 0.15) is 50.3 Å². The fourth-order valence-electron chi connectivity index (χ4n) is 4.42. The monoisotopic (exact) mass is 566 g/mol. The molecule has 0 saturated heterocycles. The highest BCUT2D eigenvalue weighted by atomic mass is 32.1. The molecular weight excluding hydrogens is 532 g/mol. The number of benzene rings is 2. The molecule has 1 atom stereocenters.